The van der Waals surface area contributed by atoms with Gasteiger partial charge >= 0.3 is 0 Å². The number of halogens is 1. The molecular weight excluding hydrogens is 407 g/mol. The summed E-state index contributed by atoms with van der Waals surface area (Å²) in [4.78, 5) is 18.9. The van der Waals surface area contributed by atoms with Crippen molar-refractivity contribution in [1.29, 1.82) is 0 Å². The summed E-state index contributed by atoms with van der Waals surface area (Å²) in [5.41, 5.74) is 2.10. The topological polar surface area (TPSA) is 55.6 Å². The van der Waals surface area contributed by atoms with Gasteiger partial charge in [0.05, 0.1) is 13.3 Å². The summed E-state index contributed by atoms with van der Waals surface area (Å²) < 4.78 is 24.0. The maximum atomic E-state index is 13.1. The molecule has 1 aliphatic heterocycles. The number of amides is 1. The average Bonchev–Trinajstić information content (AvgIpc) is 3.31. The summed E-state index contributed by atoms with van der Waals surface area (Å²) in [7, 11) is 1.68. The monoisotopic (exact) mass is 436 g/mol. The van der Waals surface area contributed by atoms with Crippen LogP contribution in [0.3, 0.4) is 0 Å². The molecule has 5 nitrogen and oxygen atoms in total. The van der Waals surface area contributed by atoms with E-state index in [-0.39, 0.29) is 11.7 Å². The Morgan fingerprint density at radius 1 is 1.09 bits per heavy atom. The van der Waals surface area contributed by atoms with Crippen molar-refractivity contribution in [3.05, 3.63) is 72.0 Å². The minimum Gasteiger partial charge on any atom is -0.497 e. The zero-order valence-electron chi connectivity index (χ0n) is 18.4. The number of likely N-dealkylation sites (tertiary alicyclic amines) is 1. The summed E-state index contributed by atoms with van der Waals surface area (Å²) >= 11 is 0. The van der Waals surface area contributed by atoms with Gasteiger partial charge in [-0.3, -0.25) is 4.79 Å². The van der Waals surface area contributed by atoms with Crippen molar-refractivity contribution in [2.75, 3.05) is 20.2 Å². The van der Waals surface area contributed by atoms with Crippen molar-refractivity contribution in [2.24, 2.45) is 5.92 Å². The van der Waals surface area contributed by atoms with Crippen LogP contribution in [0.15, 0.2) is 59.1 Å². The van der Waals surface area contributed by atoms with E-state index in [0.29, 0.717) is 30.4 Å². The van der Waals surface area contributed by atoms with E-state index in [9.17, 15) is 9.18 Å². The van der Waals surface area contributed by atoms with Crippen LogP contribution in [0.4, 0.5) is 4.39 Å². The molecule has 0 radical (unpaired) electrons. The van der Waals surface area contributed by atoms with Crippen LogP contribution >= 0.6 is 0 Å². The Bertz CT molecular complexity index is 1010. The van der Waals surface area contributed by atoms with Gasteiger partial charge in [-0.2, -0.15) is 0 Å². The van der Waals surface area contributed by atoms with E-state index in [4.69, 9.17) is 9.15 Å². The highest BCUT2D eigenvalue weighted by molar-refractivity contribution is 5.76. The van der Waals surface area contributed by atoms with E-state index in [1.165, 1.54) is 17.7 Å². The van der Waals surface area contributed by atoms with E-state index in [2.05, 4.69) is 17.1 Å². The van der Waals surface area contributed by atoms with Crippen LogP contribution in [0, 0.1) is 11.7 Å². The lowest BCUT2D eigenvalue weighted by Gasteiger charge is -2.32. The van der Waals surface area contributed by atoms with Crippen molar-refractivity contribution >= 4 is 5.91 Å². The molecule has 0 atom stereocenters. The molecule has 2 aromatic carbocycles. The first-order chi connectivity index (χ1) is 15.6. The van der Waals surface area contributed by atoms with Crippen LogP contribution < -0.4 is 4.74 Å². The largest absolute Gasteiger partial charge is 0.497 e. The van der Waals surface area contributed by atoms with Gasteiger partial charge in [0.25, 0.3) is 0 Å². The lowest BCUT2D eigenvalue weighted by Crippen LogP contribution is -2.38. The number of hydrogen-bond acceptors (Lipinski definition) is 4. The fraction of sp³-hybridized carbons (Fsp3) is 0.385. The zero-order valence-corrected chi connectivity index (χ0v) is 18.4. The van der Waals surface area contributed by atoms with Crippen LogP contribution in [-0.4, -0.2) is 36.0 Å². The van der Waals surface area contributed by atoms with E-state index in [0.717, 1.165) is 50.1 Å². The van der Waals surface area contributed by atoms with E-state index >= 15 is 0 Å². The van der Waals surface area contributed by atoms with Gasteiger partial charge in [0.15, 0.2) is 11.7 Å². The third kappa shape index (κ3) is 5.75. The number of hydrogen-bond donors (Lipinski definition) is 0. The number of oxazole rings is 1. The number of nitrogens with zero attached hydrogens (tertiary/aromatic N) is 2. The molecule has 1 aromatic heterocycles. The average molecular weight is 437 g/mol. The van der Waals surface area contributed by atoms with E-state index in [1.54, 1.807) is 25.4 Å². The first-order valence-electron chi connectivity index (χ1n) is 11.2. The fourth-order valence-corrected chi connectivity index (χ4v) is 4.18. The van der Waals surface area contributed by atoms with Crippen LogP contribution in [0.5, 0.6) is 5.75 Å². The number of carbonyl (C=O) groups excluding carboxylic acids is 1. The van der Waals surface area contributed by atoms with Crippen molar-refractivity contribution in [2.45, 2.75) is 38.5 Å². The van der Waals surface area contributed by atoms with Gasteiger partial charge in [0.2, 0.25) is 5.91 Å². The predicted molar refractivity (Wildman–Crippen MR) is 121 cm³/mol. The maximum Gasteiger partial charge on any atom is 0.223 e. The smallest absolute Gasteiger partial charge is 0.223 e. The molecule has 0 N–H and O–H groups in total. The molecule has 0 saturated carbocycles. The van der Waals surface area contributed by atoms with E-state index < -0.39 is 0 Å². The first kappa shape index (κ1) is 22.1. The van der Waals surface area contributed by atoms with Crippen molar-refractivity contribution < 1.29 is 18.3 Å². The number of aryl methyl sites for hydroxylation is 2. The Balaban J connectivity index is 1.19. The fourth-order valence-electron chi connectivity index (χ4n) is 4.18. The third-order valence-electron chi connectivity index (χ3n) is 6.20. The second-order valence-corrected chi connectivity index (χ2v) is 8.34. The van der Waals surface area contributed by atoms with E-state index in [1.807, 2.05) is 17.0 Å². The molecule has 4 rings (SSSR count). The molecule has 1 saturated heterocycles. The van der Waals surface area contributed by atoms with Crippen LogP contribution in [-0.2, 0) is 17.6 Å². The molecule has 1 amide bonds. The molecule has 2 heterocycles. The van der Waals surface area contributed by atoms with Gasteiger partial charge in [-0.1, -0.05) is 12.1 Å². The Morgan fingerprint density at radius 2 is 1.81 bits per heavy atom. The van der Waals surface area contributed by atoms with Crippen LogP contribution in [0.1, 0.15) is 37.1 Å². The van der Waals surface area contributed by atoms with Crippen molar-refractivity contribution in [3.63, 3.8) is 0 Å². The minimum absolute atomic E-state index is 0.153. The molecule has 1 aliphatic rings. The molecular formula is C26H29FN2O3. The number of benzene rings is 2. The Kier molecular flexibility index (Phi) is 7.20. The summed E-state index contributed by atoms with van der Waals surface area (Å²) in [6, 6.07) is 14.4. The van der Waals surface area contributed by atoms with Gasteiger partial charge in [-0.25, -0.2) is 9.37 Å². The first-order valence-corrected chi connectivity index (χ1v) is 11.2. The second kappa shape index (κ2) is 10.4. The predicted octanol–water partition coefficient (Wildman–Crippen LogP) is 5.29. The molecule has 168 valence electrons. The third-order valence-corrected chi connectivity index (χ3v) is 6.20. The lowest BCUT2D eigenvalue weighted by atomic mass is 9.90. The number of aromatic nitrogens is 1. The summed E-state index contributed by atoms with van der Waals surface area (Å²) in [6.45, 7) is 1.64. The molecule has 0 bridgehead atoms. The number of rotatable bonds is 8. The summed E-state index contributed by atoms with van der Waals surface area (Å²) in [5, 5.41) is 0. The standard InChI is InChI=1S/C26H29FN2O3/c1-31-23-10-4-19(5-11-23)2-3-20-14-16-29(17-15-20)26(30)13-12-25-28-18-24(32-25)21-6-8-22(27)9-7-21/h4-11,18,20H,2-3,12-17H2,1H3. The van der Waals surface area contributed by atoms with Gasteiger partial charge in [-0.15, -0.1) is 0 Å². The second-order valence-electron chi connectivity index (χ2n) is 8.34. The SMILES string of the molecule is COc1ccc(CCC2CCN(C(=O)CCc3ncc(-c4ccc(F)cc4)o3)CC2)cc1. The maximum absolute atomic E-state index is 13.1. The highest BCUT2D eigenvalue weighted by Crippen LogP contribution is 2.25. The highest BCUT2D eigenvalue weighted by Gasteiger charge is 2.23. The minimum atomic E-state index is -0.288. The Labute approximate surface area is 188 Å². The molecule has 0 unspecified atom stereocenters. The molecule has 0 spiro atoms. The Morgan fingerprint density at radius 3 is 2.50 bits per heavy atom. The zero-order chi connectivity index (χ0) is 22.3. The molecule has 1 fully saturated rings. The molecule has 32 heavy (non-hydrogen) atoms. The van der Waals surface area contributed by atoms with Gasteiger partial charge in [0, 0.05) is 31.5 Å². The van der Waals surface area contributed by atoms with Gasteiger partial charge in [-0.05, 0) is 73.6 Å². The lowest BCUT2D eigenvalue weighted by molar-refractivity contribution is -0.132. The quantitative estimate of drug-likeness (QED) is 0.481. The van der Waals surface area contributed by atoms with Crippen LogP contribution in [0.2, 0.25) is 0 Å². The number of carbonyl (C=O) groups is 1. The van der Waals surface area contributed by atoms with Crippen LogP contribution in [0.25, 0.3) is 11.3 Å². The van der Waals surface area contributed by atoms with Crippen molar-refractivity contribution in [1.82, 2.24) is 9.88 Å². The number of methoxy groups -OCH3 is 1. The number of ether oxygens (including phenoxy) is 1. The molecule has 6 heteroatoms. The van der Waals surface area contributed by atoms with Crippen molar-refractivity contribution in [3.8, 4) is 17.1 Å². The summed E-state index contributed by atoms with van der Waals surface area (Å²) in [5.74, 6) is 2.53. The summed E-state index contributed by atoms with van der Waals surface area (Å²) in [6.07, 6.45) is 6.80. The highest BCUT2D eigenvalue weighted by atomic mass is 19.1. The molecule has 0 aliphatic carbocycles. The molecule has 3 aromatic rings. The van der Waals surface area contributed by atoms with Gasteiger partial charge < -0.3 is 14.1 Å². The number of piperidine rings is 1. The van der Waals surface area contributed by atoms with Gasteiger partial charge in [0.1, 0.15) is 11.6 Å². The Hall–Kier alpha value is -3.15. The normalized spacial score (nSPS) is 14.5.